The molecule has 1 N–H and O–H groups in total. The summed E-state index contributed by atoms with van der Waals surface area (Å²) in [6.07, 6.45) is 2.20. The number of rotatable bonds is 7. The van der Waals surface area contributed by atoms with Crippen molar-refractivity contribution in [3.63, 3.8) is 0 Å². The van der Waals surface area contributed by atoms with E-state index >= 15 is 0 Å². The number of carbonyl (C=O) groups is 2. The molecule has 0 aromatic carbocycles. The number of nitrogens with zero attached hydrogens (tertiary/aromatic N) is 3. The van der Waals surface area contributed by atoms with E-state index in [0.29, 0.717) is 56.4 Å². The Balaban J connectivity index is 1.42. The van der Waals surface area contributed by atoms with Crippen molar-refractivity contribution in [2.45, 2.75) is 52.5 Å². The Bertz CT molecular complexity index is 779. The molecule has 152 valence electrons. The van der Waals surface area contributed by atoms with Gasteiger partial charge in [0.1, 0.15) is 0 Å². The van der Waals surface area contributed by atoms with Crippen molar-refractivity contribution >= 4 is 23.2 Å². The summed E-state index contributed by atoms with van der Waals surface area (Å²) in [5.74, 6) is 1.64. The van der Waals surface area contributed by atoms with Crippen molar-refractivity contribution in [2.24, 2.45) is 11.8 Å². The Morgan fingerprint density at radius 3 is 2.71 bits per heavy atom. The molecule has 2 aromatic rings. The summed E-state index contributed by atoms with van der Waals surface area (Å²) in [7, 11) is 0. The molecule has 1 fully saturated rings. The van der Waals surface area contributed by atoms with E-state index in [0.717, 1.165) is 4.88 Å². The molecule has 0 spiro atoms. The SMILES string of the molecule is CC(C)C(C)NC(=O)C1CCN(C(=O)CCc2nc(-c3cccs3)no2)CC1. The van der Waals surface area contributed by atoms with Crippen molar-refractivity contribution in [3.05, 3.63) is 23.4 Å². The molecular weight excluding hydrogens is 376 g/mol. The van der Waals surface area contributed by atoms with Gasteiger partial charge in [-0.3, -0.25) is 9.59 Å². The highest BCUT2D eigenvalue weighted by molar-refractivity contribution is 7.13. The van der Waals surface area contributed by atoms with Gasteiger partial charge in [-0.15, -0.1) is 11.3 Å². The van der Waals surface area contributed by atoms with Gasteiger partial charge in [0.15, 0.2) is 0 Å². The van der Waals surface area contributed by atoms with E-state index in [-0.39, 0.29) is 23.8 Å². The fourth-order valence-corrected chi connectivity index (χ4v) is 3.78. The topological polar surface area (TPSA) is 88.3 Å². The molecule has 1 atom stereocenters. The molecular formula is C20H28N4O3S. The fourth-order valence-electron chi connectivity index (χ4n) is 3.13. The number of hydrogen-bond donors (Lipinski definition) is 1. The van der Waals surface area contributed by atoms with Crippen LogP contribution in [0.3, 0.4) is 0 Å². The van der Waals surface area contributed by atoms with Gasteiger partial charge in [0.05, 0.1) is 4.88 Å². The molecule has 0 saturated carbocycles. The number of thiophene rings is 1. The average Bonchev–Trinajstić information content (AvgIpc) is 3.37. The van der Waals surface area contributed by atoms with E-state index in [1.54, 1.807) is 11.3 Å². The predicted molar refractivity (Wildman–Crippen MR) is 108 cm³/mol. The Labute approximate surface area is 169 Å². The monoisotopic (exact) mass is 404 g/mol. The van der Waals surface area contributed by atoms with Gasteiger partial charge < -0.3 is 14.7 Å². The zero-order chi connectivity index (χ0) is 20.1. The number of aromatic nitrogens is 2. The van der Waals surface area contributed by atoms with Crippen LogP contribution in [0.4, 0.5) is 0 Å². The second-order valence-corrected chi connectivity index (χ2v) is 8.63. The highest BCUT2D eigenvalue weighted by Gasteiger charge is 2.28. The molecule has 1 aliphatic heterocycles. The Hall–Kier alpha value is -2.22. The van der Waals surface area contributed by atoms with Crippen LogP contribution in [0.25, 0.3) is 10.7 Å². The highest BCUT2D eigenvalue weighted by Crippen LogP contribution is 2.22. The van der Waals surface area contributed by atoms with Gasteiger partial charge in [-0.1, -0.05) is 25.1 Å². The van der Waals surface area contributed by atoms with Crippen LogP contribution in [0.2, 0.25) is 0 Å². The molecule has 28 heavy (non-hydrogen) atoms. The minimum atomic E-state index is -0.00505. The molecule has 0 bridgehead atoms. The van der Waals surface area contributed by atoms with Crippen LogP contribution in [0.5, 0.6) is 0 Å². The van der Waals surface area contributed by atoms with Gasteiger partial charge in [0.2, 0.25) is 23.5 Å². The largest absolute Gasteiger partial charge is 0.353 e. The molecule has 8 heteroatoms. The van der Waals surface area contributed by atoms with E-state index in [2.05, 4.69) is 29.3 Å². The summed E-state index contributed by atoms with van der Waals surface area (Å²) in [5.41, 5.74) is 0. The molecule has 0 radical (unpaired) electrons. The van der Waals surface area contributed by atoms with Crippen LogP contribution < -0.4 is 5.32 Å². The van der Waals surface area contributed by atoms with E-state index < -0.39 is 0 Å². The molecule has 2 aromatic heterocycles. The average molecular weight is 405 g/mol. The number of nitrogens with one attached hydrogen (secondary N) is 1. The number of carbonyl (C=O) groups excluding carboxylic acids is 2. The Morgan fingerprint density at radius 1 is 1.32 bits per heavy atom. The highest BCUT2D eigenvalue weighted by atomic mass is 32.1. The van der Waals surface area contributed by atoms with E-state index in [1.807, 2.05) is 29.3 Å². The number of piperidine rings is 1. The van der Waals surface area contributed by atoms with E-state index in [4.69, 9.17) is 4.52 Å². The van der Waals surface area contributed by atoms with Crippen LogP contribution in [0.1, 0.15) is 45.9 Å². The van der Waals surface area contributed by atoms with Gasteiger partial charge in [-0.05, 0) is 37.1 Å². The Morgan fingerprint density at radius 2 is 2.07 bits per heavy atom. The maximum atomic E-state index is 12.5. The third-order valence-corrected chi connectivity index (χ3v) is 6.22. The van der Waals surface area contributed by atoms with Gasteiger partial charge in [-0.2, -0.15) is 4.98 Å². The summed E-state index contributed by atoms with van der Waals surface area (Å²) < 4.78 is 5.25. The minimum Gasteiger partial charge on any atom is -0.353 e. The van der Waals surface area contributed by atoms with E-state index in [1.165, 1.54) is 0 Å². The summed E-state index contributed by atoms with van der Waals surface area (Å²) >= 11 is 1.55. The van der Waals surface area contributed by atoms with Crippen LogP contribution in [-0.2, 0) is 16.0 Å². The maximum absolute atomic E-state index is 12.5. The van der Waals surface area contributed by atoms with Crippen LogP contribution in [-0.4, -0.2) is 46.0 Å². The van der Waals surface area contributed by atoms with Crippen molar-refractivity contribution in [2.75, 3.05) is 13.1 Å². The molecule has 1 saturated heterocycles. The van der Waals surface area contributed by atoms with Crippen molar-refractivity contribution in [3.8, 4) is 10.7 Å². The van der Waals surface area contributed by atoms with Crippen molar-refractivity contribution in [1.82, 2.24) is 20.4 Å². The van der Waals surface area contributed by atoms with Gasteiger partial charge in [-0.25, -0.2) is 0 Å². The third kappa shape index (κ3) is 5.19. The van der Waals surface area contributed by atoms with Crippen LogP contribution in [0, 0.1) is 11.8 Å². The van der Waals surface area contributed by atoms with Crippen molar-refractivity contribution in [1.29, 1.82) is 0 Å². The second kappa shape index (κ2) is 9.32. The minimum absolute atomic E-state index is 0.00505. The number of amides is 2. The van der Waals surface area contributed by atoms with Crippen molar-refractivity contribution < 1.29 is 14.1 Å². The smallest absolute Gasteiger partial charge is 0.227 e. The van der Waals surface area contributed by atoms with Gasteiger partial charge >= 0.3 is 0 Å². The van der Waals surface area contributed by atoms with Gasteiger partial charge in [0, 0.05) is 37.9 Å². The molecule has 3 rings (SSSR count). The lowest BCUT2D eigenvalue weighted by Gasteiger charge is -2.32. The normalized spacial score (nSPS) is 16.4. The first kappa shape index (κ1) is 20.5. The number of aryl methyl sites for hydroxylation is 1. The number of hydrogen-bond acceptors (Lipinski definition) is 6. The first-order valence-corrected chi connectivity index (χ1v) is 10.8. The zero-order valence-corrected chi connectivity index (χ0v) is 17.5. The quantitative estimate of drug-likeness (QED) is 0.766. The molecule has 7 nitrogen and oxygen atoms in total. The summed E-state index contributed by atoms with van der Waals surface area (Å²) in [6, 6.07) is 4.04. The second-order valence-electron chi connectivity index (χ2n) is 7.69. The maximum Gasteiger partial charge on any atom is 0.227 e. The van der Waals surface area contributed by atoms with Crippen LogP contribution in [0.15, 0.2) is 22.0 Å². The fraction of sp³-hybridized carbons (Fsp3) is 0.600. The first-order valence-electron chi connectivity index (χ1n) is 9.88. The lowest BCUT2D eigenvalue weighted by molar-refractivity contribution is -0.135. The predicted octanol–water partition coefficient (Wildman–Crippen LogP) is 3.13. The molecule has 0 aliphatic carbocycles. The Kier molecular flexibility index (Phi) is 6.83. The summed E-state index contributed by atoms with van der Waals surface area (Å²) in [6.45, 7) is 7.47. The number of likely N-dealkylation sites (tertiary alicyclic amines) is 1. The van der Waals surface area contributed by atoms with Gasteiger partial charge in [0.25, 0.3) is 0 Å². The lowest BCUT2D eigenvalue weighted by Crippen LogP contribution is -2.45. The summed E-state index contributed by atoms with van der Waals surface area (Å²) in [5, 5.41) is 9.01. The molecule has 1 aliphatic rings. The molecule has 1 unspecified atom stereocenters. The lowest BCUT2D eigenvalue weighted by atomic mass is 9.94. The molecule has 3 heterocycles. The molecule has 2 amide bonds. The third-order valence-electron chi connectivity index (χ3n) is 5.35. The zero-order valence-electron chi connectivity index (χ0n) is 16.7. The first-order chi connectivity index (χ1) is 13.4. The van der Waals surface area contributed by atoms with E-state index in [9.17, 15) is 9.59 Å². The summed E-state index contributed by atoms with van der Waals surface area (Å²) in [4.78, 5) is 32.0. The standard InChI is InChI=1S/C20H28N4O3S/c1-13(2)14(3)21-20(26)15-8-10-24(11-9-15)18(25)7-6-17-22-19(23-27-17)16-5-4-12-28-16/h4-5,12-15H,6-11H2,1-3H3,(H,21,26). The van der Waals surface area contributed by atoms with Crippen LogP contribution >= 0.6 is 11.3 Å².